The Bertz CT molecular complexity index is 1080. The second kappa shape index (κ2) is 50.7. The molecule has 0 saturated heterocycles. The molecule has 0 aliphatic rings. The summed E-state index contributed by atoms with van der Waals surface area (Å²) in [7, 11) is 0. The summed E-state index contributed by atoms with van der Waals surface area (Å²) in [4.78, 5) is 24.5. The average molecular weight is 837 g/mol. The smallest absolute Gasteiger partial charge is 0.306 e. The fourth-order valence-corrected chi connectivity index (χ4v) is 7.17. The Kier molecular flexibility index (Phi) is 48.4. The molecular weight excluding hydrogens is 741 g/mol. The summed E-state index contributed by atoms with van der Waals surface area (Å²) in [6.45, 7) is 4.03. The van der Waals surface area contributed by atoms with Gasteiger partial charge in [-0.1, -0.05) is 222 Å². The van der Waals surface area contributed by atoms with Crippen LogP contribution in [-0.4, -0.2) is 36.4 Å². The fraction of sp³-hybridized carbons (Fsp3) is 0.745. The fourth-order valence-electron chi connectivity index (χ4n) is 7.17. The van der Waals surface area contributed by atoms with E-state index in [0.717, 1.165) is 77.0 Å². The summed E-state index contributed by atoms with van der Waals surface area (Å²) in [6.07, 6.45) is 68.5. The molecule has 1 unspecified atom stereocenters. The average Bonchev–Trinajstić information content (AvgIpc) is 3.25. The highest BCUT2D eigenvalue weighted by molar-refractivity contribution is 5.70. The zero-order chi connectivity index (χ0) is 43.5. The molecule has 0 bridgehead atoms. The number of unbranched alkanes of at least 4 members (excludes halogenated alkanes) is 26. The Labute approximate surface area is 372 Å². The number of ether oxygens (including phenoxy) is 2. The first kappa shape index (κ1) is 57.3. The van der Waals surface area contributed by atoms with Crippen LogP contribution in [0.5, 0.6) is 0 Å². The lowest BCUT2D eigenvalue weighted by Crippen LogP contribution is -2.28. The maximum Gasteiger partial charge on any atom is 0.306 e. The van der Waals surface area contributed by atoms with E-state index in [-0.39, 0.29) is 25.2 Å². The normalized spacial score (nSPS) is 12.8. The highest BCUT2D eigenvalue weighted by atomic mass is 16.6. The van der Waals surface area contributed by atoms with Crippen LogP contribution in [0.4, 0.5) is 0 Å². The topological polar surface area (TPSA) is 72.8 Å². The van der Waals surface area contributed by atoms with Gasteiger partial charge >= 0.3 is 11.9 Å². The summed E-state index contributed by atoms with van der Waals surface area (Å²) < 4.78 is 10.7. The Morgan fingerprint density at radius 3 is 1.10 bits per heavy atom. The van der Waals surface area contributed by atoms with Gasteiger partial charge in [-0.05, 0) is 83.5 Å². The Morgan fingerprint density at radius 1 is 0.400 bits per heavy atom. The molecule has 0 fully saturated rings. The molecule has 0 aliphatic heterocycles. The molecule has 0 radical (unpaired) electrons. The monoisotopic (exact) mass is 837 g/mol. The first-order valence-corrected chi connectivity index (χ1v) is 25.5. The molecule has 1 atom stereocenters. The van der Waals surface area contributed by atoms with Gasteiger partial charge in [0, 0.05) is 12.8 Å². The van der Waals surface area contributed by atoms with Crippen molar-refractivity contribution in [3.8, 4) is 0 Å². The van der Waals surface area contributed by atoms with Crippen molar-refractivity contribution in [2.45, 2.75) is 251 Å². The predicted octanol–water partition coefficient (Wildman–Crippen LogP) is 16.9. The van der Waals surface area contributed by atoms with Crippen molar-refractivity contribution in [1.82, 2.24) is 0 Å². The van der Waals surface area contributed by atoms with Crippen molar-refractivity contribution in [2.75, 3.05) is 13.2 Å². The second-order valence-electron chi connectivity index (χ2n) is 16.9. The molecule has 0 rings (SSSR count). The van der Waals surface area contributed by atoms with Gasteiger partial charge in [0.1, 0.15) is 6.61 Å². The number of esters is 2. The van der Waals surface area contributed by atoms with E-state index in [1.54, 1.807) is 0 Å². The Morgan fingerprint density at radius 2 is 0.717 bits per heavy atom. The van der Waals surface area contributed by atoms with Crippen molar-refractivity contribution in [1.29, 1.82) is 0 Å². The molecule has 0 spiro atoms. The number of carbonyl (C=O) groups is 2. The molecule has 346 valence electrons. The van der Waals surface area contributed by atoms with Crippen LogP contribution >= 0.6 is 0 Å². The van der Waals surface area contributed by atoms with Crippen LogP contribution in [0, 0.1) is 0 Å². The maximum absolute atomic E-state index is 12.3. The highest BCUT2D eigenvalue weighted by Gasteiger charge is 2.16. The van der Waals surface area contributed by atoms with Crippen LogP contribution in [0.3, 0.4) is 0 Å². The Balaban J connectivity index is 3.54. The third-order valence-corrected chi connectivity index (χ3v) is 11.0. The van der Waals surface area contributed by atoms with E-state index >= 15 is 0 Å². The van der Waals surface area contributed by atoms with Crippen molar-refractivity contribution >= 4 is 11.9 Å². The minimum Gasteiger partial charge on any atom is -0.462 e. The molecule has 5 heteroatoms. The zero-order valence-corrected chi connectivity index (χ0v) is 39.5. The van der Waals surface area contributed by atoms with Crippen molar-refractivity contribution in [2.24, 2.45) is 0 Å². The van der Waals surface area contributed by atoms with Crippen LogP contribution in [-0.2, 0) is 19.1 Å². The van der Waals surface area contributed by atoms with Crippen LogP contribution in [0.15, 0.2) is 72.9 Å². The first-order chi connectivity index (χ1) is 29.6. The van der Waals surface area contributed by atoms with E-state index in [9.17, 15) is 14.7 Å². The van der Waals surface area contributed by atoms with Crippen LogP contribution in [0.2, 0.25) is 0 Å². The highest BCUT2D eigenvalue weighted by Crippen LogP contribution is 2.15. The largest absolute Gasteiger partial charge is 0.462 e. The molecule has 1 N–H and O–H groups in total. The molecule has 5 nitrogen and oxygen atoms in total. The van der Waals surface area contributed by atoms with Gasteiger partial charge in [-0.3, -0.25) is 9.59 Å². The van der Waals surface area contributed by atoms with Gasteiger partial charge in [0.15, 0.2) is 6.10 Å². The van der Waals surface area contributed by atoms with E-state index in [4.69, 9.17) is 9.47 Å². The van der Waals surface area contributed by atoms with Crippen LogP contribution < -0.4 is 0 Å². The first-order valence-electron chi connectivity index (χ1n) is 25.5. The maximum atomic E-state index is 12.3. The molecule has 60 heavy (non-hydrogen) atoms. The van der Waals surface area contributed by atoms with Crippen LogP contribution in [0.25, 0.3) is 0 Å². The van der Waals surface area contributed by atoms with Crippen molar-refractivity contribution < 1.29 is 24.2 Å². The molecule has 0 aliphatic carbocycles. The summed E-state index contributed by atoms with van der Waals surface area (Å²) in [5.74, 6) is -0.601. The summed E-state index contributed by atoms with van der Waals surface area (Å²) in [5.41, 5.74) is 0. The van der Waals surface area contributed by atoms with Gasteiger partial charge in [-0.25, -0.2) is 0 Å². The summed E-state index contributed by atoms with van der Waals surface area (Å²) in [6, 6.07) is 0. The predicted molar refractivity (Wildman–Crippen MR) is 260 cm³/mol. The molecule has 0 aromatic rings. The number of hydrogen-bond acceptors (Lipinski definition) is 5. The molecular formula is C55H96O5. The van der Waals surface area contributed by atoms with Gasteiger partial charge in [-0.15, -0.1) is 0 Å². The van der Waals surface area contributed by atoms with Crippen molar-refractivity contribution in [3.05, 3.63) is 72.9 Å². The second-order valence-corrected chi connectivity index (χ2v) is 16.9. The Hall–Kier alpha value is -2.66. The standard InChI is InChI=1S/C55H96O5/c1-3-5-7-9-11-13-15-17-19-21-23-25-27-29-31-33-35-37-39-41-43-45-47-49-54(57)59-52-53(51-56)60-55(58)50-48-46-44-42-40-38-36-34-32-30-28-26-24-22-20-18-16-14-12-10-8-6-4-2/h6,8,12,14,18,20-21,23-24,26,30,32,53,56H,3-5,7,9-11,13,15-17,19,22,25,27-29,31,33-52H2,1-2H3/b8-6-,14-12-,20-18-,23-21-,26-24-,32-30-. The zero-order valence-electron chi connectivity index (χ0n) is 39.5. The minimum atomic E-state index is -0.782. The van der Waals surface area contributed by atoms with E-state index in [0.29, 0.717) is 12.8 Å². The minimum absolute atomic E-state index is 0.0727. The number of aliphatic hydroxyl groups is 1. The number of rotatable bonds is 46. The number of carbonyl (C=O) groups excluding carboxylic acids is 2. The van der Waals surface area contributed by atoms with E-state index < -0.39 is 6.10 Å². The summed E-state index contributed by atoms with van der Waals surface area (Å²) in [5, 5.41) is 9.63. The lowest BCUT2D eigenvalue weighted by Gasteiger charge is -2.15. The van der Waals surface area contributed by atoms with Gasteiger partial charge in [0.2, 0.25) is 0 Å². The van der Waals surface area contributed by atoms with Crippen LogP contribution in [0.1, 0.15) is 245 Å². The van der Waals surface area contributed by atoms with E-state index in [1.807, 2.05) is 0 Å². The lowest BCUT2D eigenvalue weighted by atomic mass is 10.0. The number of hydrogen-bond donors (Lipinski definition) is 1. The SMILES string of the molecule is CC/C=C\C/C=C\C/C=C\C/C=C\C/C=C\CCCCCCCCCC(=O)OC(CO)COC(=O)CCCCCCCCCCCCC/C=C\CCCCCCCCCC. The molecule has 0 amide bonds. The third kappa shape index (κ3) is 48.0. The van der Waals surface area contributed by atoms with Gasteiger partial charge < -0.3 is 14.6 Å². The lowest BCUT2D eigenvalue weighted by molar-refractivity contribution is -0.161. The number of allylic oxidation sites excluding steroid dienone is 12. The third-order valence-electron chi connectivity index (χ3n) is 11.0. The summed E-state index contributed by atoms with van der Waals surface area (Å²) >= 11 is 0. The van der Waals surface area contributed by atoms with Crippen molar-refractivity contribution in [3.63, 3.8) is 0 Å². The van der Waals surface area contributed by atoms with Gasteiger partial charge in [0.25, 0.3) is 0 Å². The quantitative estimate of drug-likeness (QED) is 0.0376. The van der Waals surface area contributed by atoms with Gasteiger partial charge in [0.05, 0.1) is 6.61 Å². The van der Waals surface area contributed by atoms with Gasteiger partial charge in [-0.2, -0.15) is 0 Å². The molecule has 0 aromatic carbocycles. The van der Waals surface area contributed by atoms with E-state index in [1.165, 1.54) is 141 Å². The number of aliphatic hydroxyl groups excluding tert-OH is 1. The molecule has 0 heterocycles. The molecule has 0 aromatic heterocycles. The molecule has 0 saturated carbocycles. The van der Waals surface area contributed by atoms with E-state index in [2.05, 4.69) is 86.8 Å².